The van der Waals surface area contributed by atoms with E-state index in [0.717, 1.165) is 15.6 Å². The monoisotopic (exact) mass is 491 g/mol. The number of fused-ring (bicyclic) bond motifs is 1. The van der Waals surface area contributed by atoms with Gasteiger partial charge < -0.3 is 20.7 Å². The normalized spacial score (nSPS) is 11.3. The molecule has 2 aromatic heterocycles. The van der Waals surface area contributed by atoms with Crippen molar-refractivity contribution in [1.82, 2.24) is 20.0 Å². The van der Waals surface area contributed by atoms with Crippen LogP contribution in [0.4, 0.5) is 10.5 Å². The number of hydrogen-bond donors (Lipinski definition) is 1. The minimum Gasteiger partial charge on any atom is -0.574 e. The molecule has 0 saturated heterocycles. The van der Waals surface area contributed by atoms with Gasteiger partial charge in [0.15, 0.2) is 0 Å². The fourth-order valence-corrected chi connectivity index (χ4v) is 2.06. The Kier molecular flexibility index (Phi) is 4.58. The maximum Gasteiger partial charge on any atom is 0.435 e. The number of ether oxygens (including phenoxy) is 1. The van der Waals surface area contributed by atoms with E-state index in [2.05, 4.69) is 15.3 Å². The SMILES string of the molecule is CC(C)(C)OC(=O)n1cc(-c2n[n-]c3ccc(N)cc23)cn1.[Ir]. The molecular weight excluding hydrogens is 474 g/mol. The molecule has 1 aromatic carbocycles. The number of nitrogen functional groups attached to an aromatic ring is 1. The summed E-state index contributed by atoms with van der Waals surface area (Å²) >= 11 is 0. The number of nitrogens with zero attached hydrogens (tertiary/aromatic N) is 4. The summed E-state index contributed by atoms with van der Waals surface area (Å²) in [7, 11) is 0. The predicted molar refractivity (Wildman–Crippen MR) is 82.3 cm³/mol. The summed E-state index contributed by atoms with van der Waals surface area (Å²) in [6, 6.07) is 5.37. The predicted octanol–water partition coefficient (Wildman–Crippen LogP) is 2.42. The maximum absolute atomic E-state index is 12.0. The summed E-state index contributed by atoms with van der Waals surface area (Å²) < 4.78 is 6.41. The Hall–Kier alpha value is -2.18. The molecule has 23 heavy (non-hydrogen) atoms. The average molecular weight is 491 g/mol. The van der Waals surface area contributed by atoms with Crippen molar-refractivity contribution in [1.29, 1.82) is 0 Å². The first kappa shape index (κ1) is 17.2. The average Bonchev–Trinajstić information content (AvgIpc) is 3.01. The molecule has 3 rings (SSSR count). The molecule has 0 atom stereocenters. The van der Waals surface area contributed by atoms with Crippen LogP contribution in [0.25, 0.3) is 22.2 Å². The number of carbonyl (C=O) groups is 1. The molecule has 0 saturated carbocycles. The number of aromatic nitrogens is 4. The Labute approximate surface area is 146 Å². The summed E-state index contributed by atoms with van der Waals surface area (Å²) in [6.07, 6.45) is 2.58. The van der Waals surface area contributed by atoms with E-state index < -0.39 is 11.7 Å². The van der Waals surface area contributed by atoms with Crippen molar-refractivity contribution in [3.63, 3.8) is 0 Å². The quantitative estimate of drug-likeness (QED) is 0.527. The molecule has 2 heterocycles. The van der Waals surface area contributed by atoms with Crippen LogP contribution in [0.15, 0.2) is 30.6 Å². The van der Waals surface area contributed by atoms with Crippen molar-refractivity contribution in [3.05, 3.63) is 30.6 Å². The van der Waals surface area contributed by atoms with Gasteiger partial charge in [-0.1, -0.05) is 6.07 Å². The number of carbonyl (C=O) groups excluding carboxylic acids is 1. The third-order valence-electron chi connectivity index (χ3n) is 2.97. The van der Waals surface area contributed by atoms with Crippen LogP contribution in [0.2, 0.25) is 0 Å². The fourth-order valence-electron chi connectivity index (χ4n) is 2.06. The van der Waals surface area contributed by atoms with Gasteiger partial charge in [-0.2, -0.15) is 9.78 Å². The van der Waals surface area contributed by atoms with Crippen LogP contribution >= 0.6 is 0 Å². The fraction of sp³-hybridized carbons (Fsp3) is 0.267. The Morgan fingerprint density at radius 2 is 2.09 bits per heavy atom. The van der Waals surface area contributed by atoms with Crippen molar-refractivity contribution < 1.29 is 29.6 Å². The molecule has 0 fully saturated rings. The molecule has 7 nitrogen and oxygen atoms in total. The Bertz CT molecular complexity index is 847. The van der Waals surface area contributed by atoms with Crippen LogP contribution in [0.3, 0.4) is 0 Å². The van der Waals surface area contributed by atoms with Gasteiger partial charge in [0.2, 0.25) is 0 Å². The van der Waals surface area contributed by atoms with Crippen molar-refractivity contribution in [2.45, 2.75) is 26.4 Å². The Balaban J connectivity index is 0.00000192. The van der Waals surface area contributed by atoms with Gasteiger partial charge in [-0.25, -0.2) is 4.79 Å². The smallest absolute Gasteiger partial charge is 0.435 e. The molecule has 3 aromatic rings. The zero-order valence-corrected chi connectivity index (χ0v) is 15.3. The van der Waals surface area contributed by atoms with E-state index in [1.54, 1.807) is 51.4 Å². The number of benzene rings is 1. The van der Waals surface area contributed by atoms with Crippen LogP contribution in [0, 0.1) is 0 Å². The molecule has 0 amide bonds. The second-order valence-corrected chi connectivity index (χ2v) is 5.98. The van der Waals surface area contributed by atoms with Crippen LogP contribution in [-0.2, 0) is 24.8 Å². The maximum atomic E-state index is 12.0. The first-order valence-electron chi connectivity index (χ1n) is 6.80. The summed E-state index contributed by atoms with van der Waals surface area (Å²) in [5.74, 6) is 0. The zero-order chi connectivity index (χ0) is 15.9. The van der Waals surface area contributed by atoms with E-state index in [4.69, 9.17) is 10.5 Å². The Morgan fingerprint density at radius 3 is 2.78 bits per heavy atom. The molecule has 0 aliphatic heterocycles. The standard InChI is InChI=1S/C15H16N5O2.Ir/c1-15(2,3)22-14(21)20-8-9(7-17-20)13-11-6-10(16)4-5-12(11)18-19-13;/h4-8H,16H2,1-3H3;/q-1;. The number of rotatable bonds is 1. The molecule has 0 unspecified atom stereocenters. The van der Waals surface area contributed by atoms with Crippen molar-refractivity contribution in [2.75, 3.05) is 5.73 Å². The number of hydrogen-bond acceptors (Lipinski definition) is 5. The number of nitrogens with two attached hydrogens (primary N) is 1. The van der Waals surface area contributed by atoms with Crippen molar-refractivity contribution >= 4 is 22.7 Å². The van der Waals surface area contributed by atoms with Crippen LogP contribution in [-0.4, -0.2) is 26.6 Å². The molecule has 0 bridgehead atoms. The minimum atomic E-state index is -0.579. The van der Waals surface area contributed by atoms with E-state index in [9.17, 15) is 4.79 Å². The van der Waals surface area contributed by atoms with E-state index in [1.807, 2.05) is 0 Å². The molecule has 0 aliphatic carbocycles. The molecule has 2 N–H and O–H groups in total. The minimum absolute atomic E-state index is 0. The van der Waals surface area contributed by atoms with Gasteiger partial charge in [0, 0.05) is 37.6 Å². The summed E-state index contributed by atoms with van der Waals surface area (Å²) in [5.41, 5.74) is 7.91. The molecule has 8 heteroatoms. The van der Waals surface area contributed by atoms with Crippen LogP contribution < -0.4 is 10.8 Å². The molecular formula is C15H16IrN5O2-. The van der Waals surface area contributed by atoms with Crippen LogP contribution in [0.1, 0.15) is 20.8 Å². The van der Waals surface area contributed by atoms with Gasteiger partial charge in [0.1, 0.15) is 5.60 Å². The van der Waals surface area contributed by atoms with E-state index in [1.165, 1.54) is 0 Å². The first-order valence-corrected chi connectivity index (χ1v) is 6.80. The van der Waals surface area contributed by atoms with Gasteiger partial charge in [0.25, 0.3) is 0 Å². The van der Waals surface area contributed by atoms with Gasteiger partial charge >= 0.3 is 6.09 Å². The zero-order valence-electron chi connectivity index (χ0n) is 12.9. The molecule has 1 radical (unpaired) electrons. The van der Waals surface area contributed by atoms with Gasteiger partial charge in [-0.15, -0.1) is 5.52 Å². The second-order valence-electron chi connectivity index (χ2n) is 5.98. The van der Waals surface area contributed by atoms with Crippen molar-refractivity contribution in [3.8, 4) is 11.3 Å². The molecule has 0 aliphatic rings. The van der Waals surface area contributed by atoms with Crippen LogP contribution in [0.5, 0.6) is 0 Å². The topological polar surface area (TPSA) is 97.1 Å². The molecule has 123 valence electrons. The first-order chi connectivity index (χ1) is 10.3. The molecule has 0 spiro atoms. The second kappa shape index (κ2) is 6.14. The van der Waals surface area contributed by atoms with Gasteiger partial charge in [-0.05, 0) is 38.3 Å². The van der Waals surface area contributed by atoms with Crippen molar-refractivity contribution in [2.24, 2.45) is 0 Å². The summed E-state index contributed by atoms with van der Waals surface area (Å²) in [4.78, 5) is 12.0. The largest absolute Gasteiger partial charge is 0.574 e. The van der Waals surface area contributed by atoms with Gasteiger partial charge in [-0.3, -0.25) is 0 Å². The summed E-state index contributed by atoms with van der Waals surface area (Å²) in [5, 5.41) is 13.1. The summed E-state index contributed by atoms with van der Waals surface area (Å²) in [6.45, 7) is 5.40. The number of anilines is 1. The van der Waals surface area contributed by atoms with E-state index in [-0.39, 0.29) is 20.1 Å². The van der Waals surface area contributed by atoms with E-state index in [0.29, 0.717) is 16.9 Å². The third-order valence-corrected chi connectivity index (χ3v) is 2.97. The third kappa shape index (κ3) is 3.60. The van der Waals surface area contributed by atoms with Gasteiger partial charge in [0.05, 0.1) is 11.9 Å². The van der Waals surface area contributed by atoms with E-state index >= 15 is 0 Å². The Morgan fingerprint density at radius 1 is 1.35 bits per heavy atom.